The monoisotopic (exact) mass is 314 g/mol. The van der Waals surface area contributed by atoms with E-state index in [1.165, 1.54) is 17.1 Å². The summed E-state index contributed by atoms with van der Waals surface area (Å²) in [6.45, 7) is 1.14. The summed E-state index contributed by atoms with van der Waals surface area (Å²) in [6.07, 6.45) is 0. The lowest BCUT2D eigenvalue weighted by Gasteiger charge is -2.28. The summed E-state index contributed by atoms with van der Waals surface area (Å²) in [7, 11) is 0. The molecule has 0 saturated heterocycles. The SMILES string of the molecule is O=[N+]([O-])C1=NN(c2ccc(F)cc2)CN(Cc2ccccc2)C1. The molecule has 0 aromatic heterocycles. The summed E-state index contributed by atoms with van der Waals surface area (Å²) in [5, 5.41) is 16.7. The molecule has 0 atom stereocenters. The van der Waals surface area contributed by atoms with Gasteiger partial charge < -0.3 is 10.1 Å². The van der Waals surface area contributed by atoms with Crippen LogP contribution >= 0.6 is 0 Å². The smallest absolute Gasteiger partial charge is 0.358 e. The van der Waals surface area contributed by atoms with Crippen molar-refractivity contribution >= 4 is 11.5 Å². The van der Waals surface area contributed by atoms with E-state index in [4.69, 9.17) is 0 Å². The van der Waals surface area contributed by atoms with Crippen LogP contribution < -0.4 is 5.01 Å². The number of hydrazone groups is 1. The third kappa shape index (κ3) is 3.70. The topological polar surface area (TPSA) is 62.0 Å². The average molecular weight is 314 g/mol. The lowest BCUT2D eigenvalue weighted by atomic mass is 10.2. The molecule has 1 aliphatic heterocycles. The molecule has 0 aliphatic carbocycles. The Morgan fingerprint density at radius 2 is 1.83 bits per heavy atom. The van der Waals surface area contributed by atoms with Crippen LogP contribution in [0.15, 0.2) is 59.7 Å². The van der Waals surface area contributed by atoms with Gasteiger partial charge in [-0.05, 0) is 34.8 Å². The van der Waals surface area contributed by atoms with Crippen molar-refractivity contribution in [1.29, 1.82) is 0 Å². The fourth-order valence-electron chi connectivity index (χ4n) is 2.44. The van der Waals surface area contributed by atoms with Gasteiger partial charge in [0, 0.05) is 6.54 Å². The van der Waals surface area contributed by atoms with Crippen LogP contribution in [0.25, 0.3) is 0 Å². The molecule has 0 unspecified atom stereocenters. The number of hydrogen-bond donors (Lipinski definition) is 0. The van der Waals surface area contributed by atoms with Gasteiger partial charge in [-0.15, -0.1) is 0 Å². The second-order valence-corrected chi connectivity index (χ2v) is 5.26. The standard InChI is InChI=1S/C16H15FN4O2/c17-14-6-8-15(9-7-14)20-12-19(11-16(18-20)21(22)23)10-13-4-2-1-3-5-13/h1-9H,10-12H2. The Hall–Kier alpha value is -2.80. The maximum atomic E-state index is 13.0. The Bertz CT molecular complexity index is 719. The molecule has 2 aromatic carbocycles. The van der Waals surface area contributed by atoms with Crippen molar-refractivity contribution in [3.63, 3.8) is 0 Å². The predicted molar refractivity (Wildman–Crippen MR) is 85.0 cm³/mol. The number of hydrogen-bond acceptors (Lipinski definition) is 5. The van der Waals surface area contributed by atoms with Crippen molar-refractivity contribution < 1.29 is 9.31 Å². The quantitative estimate of drug-likeness (QED) is 0.645. The van der Waals surface area contributed by atoms with E-state index >= 15 is 0 Å². The molecule has 23 heavy (non-hydrogen) atoms. The average Bonchev–Trinajstić information content (AvgIpc) is 2.56. The molecule has 0 spiro atoms. The Labute approximate surface area is 132 Å². The van der Waals surface area contributed by atoms with Crippen LogP contribution in [0.5, 0.6) is 0 Å². The summed E-state index contributed by atoms with van der Waals surface area (Å²) >= 11 is 0. The van der Waals surface area contributed by atoms with Gasteiger partial charge in [0.25, 0.3) is 0 Å². The van der Waals surface area contributed by atoms with Crippen LogP contribution in [0, 0.1) is 15.9 Å². The van der Waals surface area contributed by atoms with Crippen LogP contribution in [-0.4, -0.2) is 28.9 Å². The van der Waals surface area contributed by atoms with Crippen LogP contribution in [0.1, 0.15) is 5.56 Å². The van der Waals surface area contributed by atoms with Crippen LogP contribution in [0.4, 0.5) is 10.1 Å². The van der Waals surface area contributed by atoms with Crippen LogP contribution in [0.2, 0.25) is 0 Å². The molecule has 0 radical (unpaired) electrons. The van der Waals surface area contributed by atoms with Gasteiger partial charge in [-0.25, -0.2) is 4.39 Å². The first-order chi connectivity index (χ1) is 11.1. The van der Waals surface area contributed by atoms with Crippen molar-refractivity contribution in [2.24, 2.45) is 5.10 Å². The van der Waals surface area contributed by atoms with E-state index in [-0.39, 0.29) is 18.2 Å². The Morgan fingerprint density at radius 3 is 2.48 bits per heavy atom. The van der Waals surface area contributed by atoms with Crippen LogP contribution in [0.3, 0.4) is 0 Å². The number of nitro groups is 1. The fourth-order valence-corrected chi connectivity index (χ4v) is 2.44. The van der Waals surface area contributed by atoms with Crippen molar-refractivity contribution in [3.05, 3.63) is 76.1 Å². The number of rotatable bonds is 3. The first-order valence-electron chi connectivity index (χ1n) is 7.13. The molecule has 118 valence electrons. The summed E-state index contributed by atoms with van der Waals surface area (Å²) in [4.78, 5) is 12.6. The number of halogens is 1. The summed E-state index contributed by atoms with van der Waals surface area (Å²) in [5.74, 6) is -0.484. The molecule has 2 aromatic rings. The second kappa shape index (κ2) is 6.53. The number of nitrogens with zero attached hydrogens (tertiary/aromatic N) is 4. The lowest BCUT2D eigenvalue weighted by Crippen LogP contribution is -2.45. The van der Waals surface area contributed by atoms with Crippen molar-refractivity contribution in [2.75, 3.05) is 18.2 Å². The molecule has 0 amide bonds. The first kappa shape index (κ1) is 15.1. The van der Waals surface area contributed by atoms with Gasteiger partial charge in [0.05, 0.1) is 10.8 Å². The molecule has 7 heteroatoms. The molecule has 6 nitrogen and oxygen atoms in total. The Balaban J connectivity index is 1.83. The zero-order valence-electron chi connectivity index (χ0n) is 12.3. The van der Waals surface area contributed by atoms with E-state index in [9.17, 15) is 14.5 Å². The van der Waals surface area contributed by atoms with Gasteiger partial charge in [-0.2, -0.15) is 5.01 Å². The zero-order chi connectivity index (χ0) is 16.2. The zero-order valence-corrected chi connectivity index (χ0v) is 12.3. The summed E-state index contributed by atoms with van der Waals surface area (Å²) in [5.41, 5.74) is 1.68. The van der Waals surface area contributed by atoms with Gasteiger partial charge in [0.2, 0.25) is 0 Å². The van der Waals surface area contributed by atoms with Gasteiger partial charge in [0.15, 0.2) is 0 Å². The highest BCUT2D eigenvalue weighted by Gasteiger charge is 2.29. The Morgan fingerprint density at radius 1 is 1.13 bits per heavy atom. The van der Waals surface area contributed by atoms with E-state index in [1.807, 2.05) is 35.2 Å². The molecule has 1 heterocycles. The lowest BCUT2D eigenvalue weighted by molar-refractivity contribution is -0.354. The highest BCUT2D eigenvalue weighted by Crippen LogP contribution is 2.19. The van der Waals surface area contributed by atoms with Crippen molar-refractivity contribution in [2.45, 2.75) is 6.54 Å². The second-order valence-electron chi connectivity index (χ2n) is 5.26. The van der Waals surface area contributed by atoms with E-state index < -0.39 is 4.92 Å². The largest absolute Gasteiger partial charge is 0.378 e. The van der Waals surface area contributed by atoms with Crippen LogP contribution in [-0.2, 0) is 6.54 Å². The highest BCUT2D eigenvalue weighted by molar-refractivity contribution is 5.78. The normalized spacial score (nSPS) is 15.3. The van der Waals surface area contributed by atoms with E-state index in [0.717, 1.165) is 5.56 Å². The molecule has 0 saturated carbocycles. The molecular formula is C16H15FN4O2. The molecule has 0 fully saturated rings. The van der Waals surface area contributed by atoms with E-state index in [2.05, 4.69) is 5.10 Å². The predicted octanol–water partition coefficient (Wildman–Crippen LogP) is 2.70. The van der Waals surface area contributed by atoms with Crippen molar-refractivity contribution in [3.8, 4) is 0 Å². The van der Waals surface area contributed by atoms with E-state index in [1.54, 1.807) is 12.1 Å². The minimum absolute atomic E-state index is 0.128. The van der Waals surface area contributed by atoms with E-state index in [0.29, 0.717) is 18.9 Å². The van der Waals surface area contributed by atoms with Gasteiger partial charge in [0.1, 0.15) is 19.0 Å². The third-order valence-corrected chi connectivity index (χ3v) is 3.52. The molecule has 0 N–H and O–H groups in total. The van der Waals surface area contributed by atoms with Gasteiger partial charge in [-0.3, -0.25) is 4.90 Å². The maximum Gasteiger partial charge on any atom is 0.378 e. The fraction of sp³-hybridized carbons (Fsp3) is 0.188. The Kier molecular flexibility index (Phi) is 4.29. The third-order valence-electron chi connectivity index (χ3n) is 3.52. The van der Waals surface area contributed by atoms with Crippen molar-refractivity contribution in [1.82, 2.24) is 4.90 Å². The molecule has 3 rings (SSSR count). The molecular weight excluding hydrogens is 299 g/mol. The number of benzene rings is 2. The first-order valence-corrected chi connectivity index (χ1v) is 7.13. The summed E-state index contributed by atoms with van der Waals surface area (Å²) < 4.78 is 13.0. The van der Waals surface area contributed by atoms with Gasteiger partial charge in [-0.1, -0.05) is 30.3 Å². The minimum atomic E-state index is -0.478. The maximum absolute atomic E-state index is 13.0. The molecule has 0 bridgehead atoms. The molecule has 1 aliphatic rings. The number of anilines is 1. The number of amidine groups is 1. The highest BCUT2D eigenvalue weighted by atomic mass is 19.1. The van der Waals surface area contributed by atoms with Gasteiger partial charge >= 0.3 is 5.84 Å². The minimum Gasteiger partial charge on any atom is -0.358 e. The summed E-state index contributed by atoms with van der Waals surface area (Å²) in [6, 6.07) is 15.5.